The summed E-state index contributed by atoms with van der Waals surface area (Å²) in [5.74, 6) is 0.804. The van der Waals surface area contributed by atoms with Crippen LogP contribution in [0.5, 0.6) is 11.5 Å². The molecule has 3 rings (SSSR count). The van der Waals surface area contributed by atoms with Crippen molar-refractivity contribution in [3.63, 3.8) is 0 Å². The Morgan fingerprint density at radius 1 is 1.14 bits per heavy atom. The summed E-state index contributed by atoms with van der Waals surface area (Å²) < 4.78 is 54.7. The number of alkyl halides is 3. The summed E-state index contributed by atoms with van der Waals surface area (Å²) in [6.45, 7) is 1.64. The van der Waals surface area contributed by atoms with Crippen molar-refractivity contribution in [3.05, 3.63) is 59.5 Å². The van der Waals surface area contributed by atoms with Crippen LogP contribution in [0.15, 0.2) is 47.0 Å². The van der Waals surface area contributed by atoms with E-state index in [-0.39, 0.29) is 17.3 Å². The van der Waals surface area contributed by atoms with Crippen LogP contribution in [0, 0.1) is 11.3 Å². The minimum atomic E-state index is -4.47. The average molecular weight is 389 g/mol. The van der Waals surface area contributed by atoms with Crippen LogP contribution in [0.2, 0.25) is 0 Å². The Hall–Kier alpha value is -3.54. The van der Waals surface area contributed by atoms with Gasteiger partial charge in [-0.05, 0) is 31.2 Å². The van der Waals surface area contributed by atoms with Gasteiger partial charge in [-0.2, -0.15) is 23.4 Å². The molecule has 0 N–H and O–H groups in total. The molecular weight excluding hydrogens is 375 g/mol. The van der Waals surface area contributed by atoms with E-state index in [4.69, 9.17) is 19.3 Å². The van der Waals surface area contributed by atoms with E-state index in [1.165, 1.54) is 25.3 Å². The summed E-state index contributed by atoms with van der Waals surface area (Å²) in [5, 5.41) is 12.7. The second-order valence-corrected chi connectivity index (χ2v) is 5.77. The Morgan fingerprint density at radius 3 is 2.61 bits per heavy atom. The maximum atomic E-state index is 12.9. The zero-order valence-electron chi connectivity index (χ0n) is 14.8. The van der Waals surface area contributed by atoms with Crippen molar-refractivity contribution in [2.75, 3.05) is 7.11 Å². The molecule has 0 aliphatic heterocycles. The van der Waals surface area contributed by atoms with Crippen LogP contribution in [0.3, 0.4) is 0 Å². The molecule has 0 unspecified atom stereocenters. The average Bonchev–Trinajstić information content (AvgIpc) is 3.18. The quantitative estimate of drug-likeness (QED) is 0.625. The molecule has 0 aliphatic rings. The topological polar surface area (TPSA) is 81.2 Å². The number of nitriles is 1. The lowest BCUT2D eigenvalue weighted by atomic mass is 10.1. The smallest absolute Gasteiger partial charge is 0.416 e. The molecule has 0 amide bonds. The predicted molar refractivity (Wildman–Crippen MR) is 91.5 cm³/mol. The summed E-state index contributed by atoms with van der Waals surface area (Å²) in [4.78, 5) is 4.13. The van der Waals surface area contributed by atoms with Gasteiger partial charge in [0.1, 0.15) is 0 Å². The largest absolute Gasteiger partial charge is 0.493 e. The maximum Gasteiger partial charge on any atom is 0.416 e. The first-order chi connectivity index (χ1) is 13.3. The van der Waals surface area contributed by atoms with Gasteiger partial charge in [0.15, 0.2) is 17.6 Å². The second-order valence-electron chi connectivity index (χ2n) is 5.77. The van der Waals surface area contributed by atoms with Crippen LogP contribution in [0.25, 0.3) is 11.4 Å². The first-order valence-corrected chi connectivity index (χ1v) is 8.08. The summed E-state index contributed by atoms with van der Waals surface area (Å²) in [6, 6.07) is 11.3. The van der Waals surface area contributed by atoms with E-state index in [0.29, 0.717) is 17.1 Å². The lowest BCUT2D eigenvalue weighted by Crippen LogP contribution is -2.05. The van der Waals surface area contributed by atoms with Gasteiger partial charge >= 0.3 is 6.18 Å². The molecule has 144 valence electrons. The third kappa shape index (κ3) is 4.06. The summed E-state index contributed by atoms with van der Waals surface area (Å²) in [5.41, 5.74) is -0.225. The molecule has 0 fully saturated rings. The molecule has 0 bridgehead atoms. The third-order valence-corrected chi connectivity index (χ3v) is 3.83. The summed E-state index contributed by atoms with van der Waals surface area (Å²) in [7, 11) is 1.44. The fourth-order valence-corrected chi connectivity index (χ4v) is 2.43. The lowest BCUT2D eigenvalue weighted by Gasteiger charge is -2.14. The Morgan fingerprint density at radius 2 is 1.93 bits per heavy atom. The minimum absolute atomic E-state index is 0.0170. The number of hydrogen-bond donors (Lipinski definition) is 0. The van der Waals surface area contributed by atoms with E-state index < -0.39 is 17.8 Å². The molecule has 0 aliphatic carbocycles. The van der Waals surface area contributed by atoms with Crippen molar-refractivity contribution in [1.82, 2.24) is 10.1 Å². The van der Waals surface area contributed by atoms with Crippen molar-refractivity contribution < 1.29 is 27.2 Å². The maximum absolute atomic E-state index is 12.9. The van der Waals surface area contributed by atoms with Crippen LogP contribution < -0.4 is 9.47 Å². The first kappa shape index (κ1) is 19.2. The van der Waals surface area contributed by atoms with E-state index in [2.05, 4.69) is 10.1 Å². The highest BCUT2D eigenvalue weighted by molar-refractivity contribution is 5.55. The molecule has 6 nitrogen and oxygen atoms in total. The van der Waals surface area contributed by atoms with Crippen molar-refractivity contribution in [2.45, 2.75) is 19.2 Å². The third-order valence-electron chi connectivity index (χ3n) is 3.83. The Bertz CT molecular complexity index is 1020. The van der Waals surface area contributed by atoms with Gasteiger partial charge in [0.2, 0.25) is 5.82 Å². The molecule has 0 radical (unpaired) electrons. The highest BCUT2D eigenvalue weighted by Crippen LogP contribution is 2.33. The number of nitrogens with zero attached hydrogens (tertiary/aromatic N) is 3. The Kier molecular flexibility index (Phi) is 5.22. The van der Waals surface area contributed by atoms with Gasteiger partial charge in [0, 0.05) is 11.6 Å². The van der Waals surface area contributed by atoms with Crippen molar-refractivity contribution >= 4 is 0 Å². The van der Waals surface area contributed by atoms with Gasteiger partial charge < -0.3 is 14.0 Å². The molecule has 1 aromatic heterocycles. The van der Waals surface area contributed by atoms with E-state index >= 15 is 0 Å². The number of hydrogen-bond acceptors (Lipinski definition) is 6. The van der Waals surface area contributed by atoms with Gasteiger partial charge in [-0.1, -0.05) is 17.3 Å². The van der Waals surface area contributed by atoms with E-state index in [0.717, 1.165) is 12.1 Å². The second kappa shape index (κ2) is 7.60. The van der Waals surface area contributed by atoms with Gasteiger partial charge in [0.05, 0.1) is 24.3 Å². The van der Waals surface area contributed by atoms with Crippen LogP contribution in [-0.2, 0) is 6.18 Å². The molecule has 1 atom stereocenters. The van der Waals surface area contributed by atoms with Crippen molar-refractivity contribution in [3.8, 4) is 29.0 Å². The minimum Gasteiger partial charge on any atom is -0.493 e. The normalized spacial score (nSPS) is 12.3. The number of rotatable bonds is 5. The van der Waals surface area contributed by atoms with Gasteiger partial charge in [-0.3, -0.25) is 0 Å². The number of benzene rings is 2. The zero-order valence-corrected chi connectivity index (χ0v) is 14.8. The van der Waals surface area contributed by atoms with Gasteiger partial charge in [-0.15, -0.1) is 0 Å². The predicted octanol–water partition coefficient (Wildman–Crippen LogP) is 4.78. The fraction of sp³-hybridized carbons (Fsp3) is 0.211. The summed E-state index contributed by atoms with van der Waals surface area (Å²) in [6.07, 6.45) is -5.17. The number of aromatic nitrogens is 2. The van der Waals surface area contributed by atoms with E-state index in [1.54, 1.807) is 19.1 Å². The van der Waals surface area contributed by atoms with Crippen LogP contribution in [0.1, 0.15) is 30.0 Å². The van der Waals surface area contributed by atoms with Crippen LogP contribution in [-0.4, -0.2) is 17.3 Å². The molecule has 3 aromatic rings. The molecule has 1 heterocycles. The Balaban J connectivity index is 1.82. The first-order valence-electron chi connectivity index (χ1n) is 8.08. The molecule has 0 spiro atoms. The lowest BCUT2D eigenvalue weighted by molar-refractivity contribution is -0.137. The zero-order chi connectivity index (χ0) is 20.3. The fourth-order valence-electron chi connectivity index (χ4n) is 2.43. The van der Waals surface area contributed by atoms with E-state index in [1.807, 2.05) is 6.07 Å². The van der Waals surface area contributed by atoms with Crippen molar-refractivity contribution in [1.29, 1.82) is 5.26 Å². The summed E-state index contributed by atoms with van der Waals surface area (Å²) >= 11 is 0. The number of halogens is 3. The number of ether oxygens (including phenoxy) is 2. The van der Waals surface area contributed by atoms with E-state index in [9.17, 15) is 13.2 Å². The highest BCUT2D eigenvalue weighted by Gasteiger charge is 2.31. The molecule has 0 saturated carbocycles. The molecule has 2 aromatic carbocycles. The van der Waals surface area contributed by atoms with Crippen LogP contribution >= 0.6 is 0 Å². The monoisotopic (exact) mass is 389 g/mol. The SMILES string of the molecule is COc1cc(C#N)ccc1O[C@H](C)c1nc(-c2cccc(C(F)(F)F)c2)no1. The van der Waals surface area contributed by atoms with Crippen molar-refractivity contribution in [2.24, 2.45) is 0 Å². The molecule has 9 heteroatoms. The number of methoxy groups -OCH3 is 1. The van der Waals surface area contributed by atoms with Gasteiger partial charge in [0.25, 0.3) is 5.89 Å². The molecule has 0 saturated heterocycles. The standard InChI is InChI=1S/C19H14F3N3O3/c1-11(27-15-7-6-12(10-23)8-16(15)26-2)18-24-17(25-28-18)13-4-3-5-14(9-13)19(20,21)22/h3-9,11H,1-2H3/t11-/m1/s1. The van der Waals surface area contributed by atoms with Crippen LogP contribution in [0.4, 0.5) is 13.2 Å². The highest BCUT2D eigenvalue weighted by atomic mass is 19.4. The Labute approximate surface area is 158 Å². The molecular formula is C19H14F3N3O3. The molecule has 28 heavy (non-hydrogen) atoms. The van der Waals surface area contributed by atoms with Gasteiger partial charge in [-0.25, -0.2) is 0 Å².